The Labute approximate surface area is 172 Å². The van der Waals surface area contributed by atoms with Crippen LogP contribution in [0.25, 0.3) is 0 Å². The molecule has 8 heteroatoms. The Kier molecular flexibility index (Phi) is 7.86. The van der Waals surface area contributed by atoms with Gasteiger partial charge >= 0.3 is 0 Å². The van der Waals surface area contributed by atoms with Gasteiger partial charge in [-0.2, -0.15) is 0 Å². The number of piperazine rings is 1. The van der Waals surface area contributed by atoms with Gasteiger partial charge in [0.1, 0.15) is 0 Å². The molecule has 1 aromatic carbocycles. The van der Waals surface area contributed by atoms with E-state index in [0.29, 0.717) is 25.2 Å². The van der Waals surface area contributed by atoms with Gasteiger partial charge in [0.15, 0.2) is 5.96 Å². The summed E-state index contributed by atoms with van der Waals surface area (Å²) in [5.74, 6) is 1.32. The predicted molar refractivity (Wildman–Crippen MR) is 112 cm³/mol. The lowest BCUT2D eigenvalue weighted by molar-refractivity contribution is -0.123. The van der Waals surface area contributed by atoms with Gasteiger partial charge in [-0.25, -0.2) is 0 Å². The summed E-state index contributed by atoms with van der Waals surface area (Å²) in [5, 5.41) is 9.28. The number of aliphatic imine (C=N–C) groups is 1. The van der Waals surface area contributed by atoms with E-state index in [9.17, 15) is 9.59 Å². The van der Waals surface area contributed by atoms with Gasteiger partial charge < -0.3 is 25.6 Å². The molecular weight excluding hydrogens is 370 g/mol. The summed E-state index contributed by atoms with van der Waals surface area (Å²) in [6.45, 7) is 4.26. The Morgan fingerprint density at radius 3 is 2.76 bits per heavy atom. The average Bonchev–Trinajstić information content (AvgIpc) is 3.57. The second-order valence-corrected chi connectivity index (χ2v) is 7.50. The summed E-state index contributed by atoms with van der Waals surface area (Å²) >= 11 is 0. The molecule has 8 nitrogen and oxygen atoms in total. The molecule has 0 bridgehead atoms. The second kappa shape index (κ2) is 10.8. The van der Waals surface area contributed by atoms with Crippen LogP contribution in [0.4, 0.5) is 0 Å². The van der Waals surface area contributed by atoms with Crippen molar-refractivity contribution in [2.75, 3.05) is 46.4 Å². The summed E-state index contributed by atoms with van der Waals surface area (Å²) in [7, 11) is 1.75. The zero-order valence-electron chi connectivity index (χ0n) is 17.1. The first kappa shape index (κ1) is 21.1. The standard InChI is InChI=1S/C21H31N5O3/c1-22-21(24-9-2-12-29-15-17-3-4-17)25-13-16-5-7-18(8-6-16)20(28)26-11-10-23-19(27)14-26/h5-8,17H,2-4,9-15H2,1H3,(H,23,27)(H2,22,24,25). The quantitative estimate of drug-likeness (QED) is 0.322. The van der Waals surface area contributed by atoms with Gasteiger partial charge in [0, 0.05) is 52.0 Å². The van der Waals surface area contributed by atoms with Crippen LogP contribution >= 0.6 is 0 Å². The van der Waals surface area contributed by atoms with Crippen LogP contribution in [0.15, 0.2) is 29.3 Å². The summed E-state index contributed by atoms with van der Waals surface area (Å²) in [5.41, 5.74) is 1.64. The maximum absolute atomic E-state index is 12.5. The molecule has 2 fully saturated rings. The van der Waals surface area contributed by atoms with Crippen molar-refractivity contribution >= 4 is 17.8 Å². The largest absolute Gasteiger partial charge is 0.381 e. The van der Waals surface area contributed by atoms with Crippen LogP contribution in [0.1, 0.15) is 35.2 Å². The number of rotatable bonds is 9. The molecule has 2 aliphatic rings. The van der Waals surface area contributed by atoms with Crippen molar-refractivity contribution in [2.45, 2.75) is 25.8 Å². The predicted octanol–water partition coefficient (Wildman–Crippen LogP) is 0.740. The van der Waals surface area contributed by atoms with Crippen LogP contribution in [0.2, 0.25) is 0 Å². The van der Waals surface area contributed by atoms with Gasteiger partial charge in [-0.05, 0) is 42.9 Å². The van der Waals surface area contributed by atoms with Gasteiger partial charge in [-0.3, -0.25) is 14.6 Å². The average molecular weight is 402 g/mol. The van der Waals surface area contributed by atoms with Crippen molar-refractivity contribution in [3.8, 4) is 0 Å². The smallest absolute Gasteiger partial charge is 0.254 e. The number of hydrogen-bond donors (Lipinski definition) is 3. The fraction of sp³-hybridized carbons (Fsp3) is 0.571. The van der Waals surface area contributed by atoms with E-state index in [1.54, 1.807) is 24.1 Å². The molecule has 1 aromatic rings. The van der Waals surface area contributed by atoms with Crippen LogP contribution in [0.5, 0.6) is 0 Å². The first-order valence-corrected chi connectivity index (χ1v) is 10.3. The maximum atomic E-state index is 12.5. The van der Waals surface area contributed by atoms with Crippen LogP contribution in [0.3, 0.4) is 0 Å². The van der Waals surface area contributed by atoms with E-state index in [1.807, 2.05) is 12.1 Å². The molecule has 0 radical (unpaired) electrons. The second-order valence-electron chi connectivity index (χ2n) is 7.50. The Hall–Kier alpha value is -2.61. The molecule has 158 valence electrons. The molecule has 0 unspecified atom stereocenters. The lowest BCUT2D eigenvalue weighted by atomic mass is 10.1. The minimum absolute atomic E-state index is 0.110. The normalized spacial score (nSPS) is 17.1. The number of nitrogens with one attached hydrogen (secondary N) is 3. The number of carbonyl (C=O) groups is 2. The van der Waals surface area contributed by atoms with Crippen molar-refractivity contribution in [1.82, 2.24) is 20.9 Å². The lowest BCUT2D eigenvalue weighted by Crippen LogP contribution is -2.49. The molecule has 29 heavy (non-hydrogen) atoms. The van der Waals surface area contributed by atoms with Crippen molar-refractivity contribution in [3.63, 3.8) is 0 Å². The first-order chi connectivity index (χ1) is 14.2. The van der Waals surface area contributed by atoms with Crippen molar-refractivity contribution in [1.29, 1.82) is 0 Å². The fourth-order valence-electron chi connectivity index (χ4n) is 3.08. The fourth-order valence-corrected chi connectivity index (χ4v) is 3.08. The molecule has 1 aliphatic heterocycles. The van der Waals surface area contributed by atoms with E-state index < -0.39 is 0 Å². The Balaban J connectivity index is 1.36. The highest BCUT2D eigenvalue weighted by molar-refractivity contribution is 5.97. The minimum atomic E-state index is -0.112. The minimum Gasteiger partial charge on any atom is -0.381 e. The van der Waals surface area contributed by atoms with Crippen molar-refractivity contribution in [2.24, 2.45) is 10.9 Å². The third-order valence-corrected chi connectivity index (χ3v) is 5.02. The van der Waals surface area contributed by atoms with Crippen molar-refractivity contribution in [3.05, 3.63) is 35.4 Å². The number of guanidine groups is 1. The monoisotopic (exact) mass is 401 g/mol. The van der Waals surface area contributed by atoms with Gasteiger partial charge in [-0.15, -0.1) is 0 Å². The summed E-state index contributed by atoms with van der Waals surface area (Å²) in [6.07, 6.45) is 3.58. The zero-order valence-corrected chi connectivity index (χ0v) is 17.1. The molecule has 3 N–H and O–H groups in total. The first-order valence-electron chi connectivity index (χ1n) is 10.3. The van der Waals surface area contributed by atoms with Crippen molar-refractivity contribution < 1.29 is 14.3 Å². The number of nitrogens with zero attached hydrogens (tertiary/aromatic N) is 2. The summed E-state index contributed by atoms with van der Waals surface area (Å²) in [4.78, 5) is 29.8. The highest BCUT2D eigenvalue weighted by Gasteiger charge is 2.22. The van der Waals surface area contributed by atoms with E-state index in [-0.39, 0.29) is 18.4 Å². The SMILES string of the molecule is CN=C(NCCCOCC1CC1)NCc1ccc(C(=O)N2CCNC(=O)C2)cc1. The topological polar surface area (TPSA) is 95.1 Å². The van der Waals surface area contributed by atoms with Gasteiger partial charge in [-0.1, -0.05) is 12.1 Å². The molecule has 0 spiro atoms. The Morgan fingerprint density at radius 2 is 2.07 bits per heavy atom. The zero-order chi connectivity index (χ0) is 20.5. The summed E-state index contributed by atoms with van der Waals surface area (Å²) < 4.78 is 5.63. The number of amides is 2. The summed E-state index contributed by atoms with van der Waals surface area (Å²) in [6, 6.07) is 7.45. The molecule has 1 aliphatic carbocycles. The maximum Gasteiger partial charge on any atom is 0.254 e. The van der Waals surface area contributed by atoms with E-state index in [2.05, 4.69) is 20.9 Å². The van der Waals surface area contributed by atoms with Crippen LogP contribution in [-0.2, 0) is 16.1 Å². The Bertz CT molecular complexity index is 716. The molecule has 0 aromatic heterocycles. The molecule has 2 amide bonds. The van der Waals surface area contributed by atoms with Gasteiger partial charge in [0.25, 0.3) is 5.91 Å². The molecule has 1 saturated heterocycles. The number of hydrogen-bond acceptors (Lipinski definition) is 4. The molecular formula is C21H31N5O3. The molecule has 1 heterocycles. The van der Waals surface area contributed by atoms with E-state index in [1.165, 1.54) is 12.8 Å². The highest BCUT2D eigenvalue weighted by atomic mass is 16.5. The number of benzene rings is 1. The van der Waals surface area contributed by atoms with Crippen LogP contribution < -0.4 is 16.0 Å². The highest BCUT2D eigenvalue weighted by Crippen LogP contribution is 2.28. The third kappa shape index (κ3) is 7.05. The van der Waals surface area contributed by atoms with Gasteiger partial charge in [0.05, 0.1) is 6.54 Å². The van der Waals surface area contributed by atoms with Gasteiger partial charge in [0.2, 0.25) is 5.91 Å². The number of carbonyl (C=O) groups excluding carboxylic acids is 2. The molecule has 0 atom stereocenters. The molecule has 1 saturated carbocycles. The van der Waals surface area contributed by atoms with E-state index >= 15 is 0 Å². The van der Waals surface area contributed by atoms with E-state index in [4.69, 9.17) is 4.74 Å². The number of ether oxygens (including phenoxy) is 1. The van der Waals surface area contributed by atoms with Crippen LogP contribution in [-0.4, -0.2) is 69.1 Å². The Morgan fingerprint density at radius 1 is 1.28 bits per heavy atom. The third-order valence-electron chi connectivity index (χ3n) is 5.02. The molecule has 3 rings (SSSR count). The van der Waals surface area contributed by atoms with Crippen LogP contribution in [0, 0.1) is 5.92 Å². The van der Waals surface area contributed by atoms with E-state index in [0.717, 1.165) is 43.6 Å². The lowest BCUT2D eigenvalue weighted by Gasteiger charge is -2.26.